The minimum Gasteiger partial charge on any atom is -0.452 e. The van der Waals surface area contributed by atoms with E-state index in [9.17, 15) is 0 Å². The summed E-state index contributed by atoms with van der Waals surface area (Å²) in [5.74, 6) is 0.953. The second-order valence-electron chi connectivity index (χ2n) is 17.6. The maximum Gasteiger partial charge on any atom is 0.178 e. The molecule has 71 heavy (non-hydrogen) atoms. The van der Waals surface area contributed by atoms with Gasteiger partial charge in [0.2, 0.25) is 0 Å². The Morgan fingerprint density at radius 3 is 1.30 bits per heavy atom. The molecule has 346 valence electrons. The van der Waals surface area contributed by atoms with E-state index >= 15 is 0 Å². The fourth-order valence-electron chi connectivity index (χ4n) is 8.88. The fraction of sp³-hybridized carbons (Fsp3) is 0.0769. The van der Waals surface area contributed by atoms with Crippen LogP contribution >= 0.6 is 0 Å². The molecule has 0 saturated carbocycles. The van der Waals surface area contributed by atoms with Crippen molar-refractivity contribution in [2.45, 2.75) is 33.1 Å². The summed E-state index contributed by atoms with van der Waals surface area (Å²) in [4.78, 5) is 9.87. The number of benzene rings is 9. The van der Waals surface area contributed by atoms with Crippen LogP contribution in [0.15, 0.2) is 249 Å². The number of rotatable bonds is 12. The molecule has 9 aromatic carbocycles. The van der Waals surface area contributed by atoms with E-state index in [0.29, 0.717) is 18.1 Å². The van der Waals surface area contributed by atoms with Crippen molar-refractivity contribution in [3.63, 3.8) is 0 Å². The van der Waals surface area contributed by atoms with Crippen molar-refractivity contribution in [1.29, 1.82) is 0 Å². The van der Waals surface area contributed by atoms with Crippen LogP contribution in [0.4, 0.5) is 0 Å². The third-order valence-electron chi connectivity index (χ3n) is 12.4. The molecule has 0 atom stereocenters. The van der Waals surface area contributed by atoms with Gasteiger partial charge in [0, 0.05) is 38.2 Å². The third kappa shape index (κ3) is 10.2. The highest BCUT2D eigenvalue weighted by Crippen LogP contribution is 2.41. The molecule has 2 heterocycles. The van der Waals surface area contributed by atoms with Gasteiger partial charge in [-0.2, -0.15) is 0 Å². The molecule has 0 saturated heterocycles. The molecule has 0 bridgehead atoms. The zero-order chi connectivity index (χ0) is 48.5. The van der Waals surface area contributed by atoms with E-state index < -0.39 is 0 Å². The Morgan fingerprint density at radius 2 is 0.775 bits per heavy atom. The first-order valence-corrected chi connectivity index (χ1v) is 24.2. The SMILES string of the molecule is CCC.NC(=N/C(=C\Cc1cccc(-c2ccc3oc4c(ccc5c6cc(-c7cccc(/C(=C/Cc8ccccc8)N=C(N)c8ccccc8)c7)ccc6oc54)c3c2)c1)c1ccccc1)c1ccccc1. The Kier molecular flexibility index (Phi) is 13.6. The Bertz CT molecular complexity index is 3750. The van der Waals surface area contributed by atoms with Gasteiger partial charge in [0.05, 0.1) is 11.4 Å². The van der Waals surface area contributed by atoms with Crippen molar-refractivity contribution in [1.82, 2.24) is 0 Å². The molecule has 6 nitrogen and oxygen atoms in total. The predicted molar refractivity (Wildman–Crippen MR) is 298 cm³/mol. The van der Waals surface area contributed by atoms with Gasteiger partial charge in [0.25, 0.3) is 0 Å². The predicted octanol–water partition coefficient (Wildman–Crippen LogP) is 16.2. The molecular weight excluding hydrogens is 869 g/mol. The third-order valence-corrected chi connectivity index (χ3v) is 12.4. The summed E-state index contributed by atoms with van der Waals surface area (Å²) in [5, 5.41) is 4.06. The zero-order valence-electron chi connectivity index (χ0n) is 39.9. The molecular formula is C65H54N4O2. The number of amidine groups is 2. The van der Waals surface area contributed by atoms with E-state index in [-0.39, 0.29) is 0 Å². The number of allylic oxidation sites excluding steroid dienone is 2. The molecule has 0 aliphatic carbocycles. The van der Waals surface area contributed by atoms with E-state index in [1.807, 2.05) is 84.9 Å². The molecule has 0 radical (unpaired) electrons. The number of hydrogen-bond donors (Lipinski definition) is 2. The van der Waals surface area contributed by atoms with Gasteiger partial charge in [-0.1, -0.05) is 208 Å². The molecule has 0 unspecified atom stereocenters. The summed E-state index contributed by atoms with van der Waals surface area (Å²) in [7, 11) is 0. The van der Waals surface area contributed by atoms with Crippen molar-refractivity contribution >= 4 is 66.9 Å². The molecule has 4 N–H and O–H groups in total. The number of aliphatic imine (C=N–C) groups is 2. The first-order chi connectivity index (χ1) is 34.9. The fourth-order valence-corrected chi connectivity index (χ4v) is 8.88. The van der Waals surface area contributed by atoms with Gasteiger partial charge in [0.15, 0.2) is 11.2 Å². The maximum atomic E-state index is 6.61. The lowest BCUT2D eigenvalue weighted by molar-refractivity contribution is 0.633. The number of nitrogens with zero attached hydrogens (tertiary/aromatic N) is 2. The van der Waals surface area contributed by atoms with Crippen LogP contribution < -0.4 is 11.5 Å². The van der Waals surface area contributed by atoms with Crippen molar-refractivity contribution < 1.29 is 8.83 Å². The molecule has 0 aliphatic heterocycles. The molecule has 11 rings (SSSR count). The topological polar surface area (TPSA) is 103 Å². The molecule has 0 spiro atoms. The molecule has 11 aromatic rings. The quantitative estimate of drug-likeness (QED) is 0.0941. The zero-order valence-corrected chi connectivity index (χ0v) is 39.9. The maximum absolute atomic E-state index is 6.61. The van der Waals surface area contributed by atoms with Crippen LogP contribution in [0.25, 0.3) is 77.5 Å². The normalized spacial score (nSPS) is 12.4. The van der Waals surface area contributed by atoms with Crippen LogP contribution in [0, 0.1) is 0 Å². The van der Waals surface area contributed by atoms with Gasteiger partial charge in [-0.25, -0.2) is 9.98 Å². The van der Waals surface area contributed by atoms with Crippen LogP contribution in [0.2, 0.25) is 0 Å². The first kappa shape index (κ1) is 45.8. The minimum absolute atomic E-state index is 0.471. The highest BCUT2D eigenvalue weighted by Gasteiger charge is 2.18. The van der Waals surface area contributed by atoms with E-state index in [2.05, 4.69) is 159 Å². The first-order valence-electron chi connectivity index (χ1n) is 24.2. The van der Waals surface area contributed by atoms with E-state index in [1.54, 1.807) is 0 Å². The average Bonchev–Trinajstić information content (AvgIpc) is 4.00. The summed E-state index contributed by atoms with van der Waals surface area (Å²) in [6.45, 7) is 4.25. The van der Waals surface area contributed by atoms with Crippen molar-refractivity contribution in [3.05, 3.63) is 264 Å². The van der Waals surface area contributed by atoms with Crippen LogP contribution in [0.1, 0.15) is 53.6 Å². The Hall–Kier alpha value is -9.00. The molecule has 0 aliphatic rings. The van der Waals surface area contributed by atoms with Gasteiger partial charge in [-0.15, -0.1) is 0 Å². The second-order valence-corrected chi connectivity index (χ2v) is 17.6. The van der Waals surface area contributed by atoms with Crippen LogP contribution in [-0.4, -0.2) is 11.7 Å². The second kappa shape index (κ2) is 21.1. The lowest BCUT2D eigenvalue weighted by atomic mass is 9.98. The summed E-state index contributed by atoms with van der Waals surface area (Å²) < 4.78 is 13.2. The molecule has 0 amide bonds. The van der Waals surface area contributed by atoms with Crippen LogP contribution in [0.3, 0.4) is 0 Å². The Balaban J connectivity index is 0.00000189. The van der Waals surface area contributed by atoms with E-state index in [4.69, 9.17) is 30.3 Å². The molecule has 2 aromatic heterocycles. The number of fused-ring (bicyclic) bond motifs is 7. The summed E-state index contributed by atoms with van der Waals surface area (Å²) in [5.41, 5.74) is 28.3. The van der Waals surface area contributed by atoms with E-state index in [1.165, 1.54) is 12.0 Å². The number of furan rings is 2. The van der Waals surface area contributed by atoms with Gasteiger partial charge >= 0.3 is 0 Å². The van der Waals surface area contributed by atoms with Crippen molar-refractivity contribution in [2.24, 2.45) is 21.5 Å². The smallest absolute Gasteiger partial charge is 0.178 e. The van der Waals surface area contributed by atoms with Gasteiger partial charge in [0.1, 0.15) is 22.8 Å². The summed E-state index contributed by atoms with van der Waals surface area (Å²) in [6.07, 6.45) is 6.96. The monoisotopic (exact) mass is 922 g/mol. The largest absolute Gasteiger partial charge is 0.452 e. The highest BCUT2D eigenvalue weighted by molar-refractivity contribution is 6.19. The highest BCUT2D eigenvalue weighted by atomic mass is 16.4. The Morgan fingerprint density at radius 1 is 0.380 bits per heavy atom. The molecule has 0 fully saturated rings. The number of hydrogen-bond acceptors (Lipinski definition) is 4. The average molecular weight is 923 g/mol. The van der Waals surface area contributed by atoms with Gasteiger partial charge < -0.3 is 20.3 Å². The van der Waals surface area contributed by atoms with Crippen LogP contribution in [0.5, 0.6) is 0 Å². The Labute approximate surface area is 414 Å². The van der Waals surface area contributed by atoms with Crippen molar-refractivity contribution in [3.8, 4) is 22.3 Å². The van der Waals surface area contributed by atoms with Crippen molar-refractivity contribution in [2.75, 3.05) is 0 Å². The van der Waals surface area contributed by atoms with Gasteiger partial charge in [-0.3, -0.25) is 0 Å². The van der Waals surface area contributed by atoms with E-state index in [0.717, 1.165) is 112 Å². The number of nitrogens with two attached hydrogens (primary N) is 2. The lowest BCUT2D eigenvalue weighted by Gasteiger charge is -2.09. The summed E-state index contributed by atoms with van der Waals surface area (Å²) in [6, 6.07) is 74.6. The lowest BCUT2D eigenvalue weighted by Crippen LogP contribution is -2.13. The standard InChI is InChI=1S/C62H46N4O2.C3H8/c63-61(44-20-9-3-10-21-44)65-55(43-18-7-2-8-19-43)34-28-42-17-13-24-46(37-42)48-29-35-57-53(39-48)51-31-32-52-54-40-49(30-36-58(54)68-60(52)59(51)67-57)47-25-14-26-50(38-47)56(33-27-41-15-5-1-6-16-41)66-62(64)45-22-11-4-12-23-45;1-3-2/h1-26,29-40H,27-28H2,(H2,63,65)(H2,64,66);3H2,1-2H3/b55-34-,56-33-;. The van der Waals surface area contributed by atoms with Gasteiger partial charge in [-0.05, 0) is 94.3 Å². The van der Waals surface area contributed by atoms with Crippen LogP contribution in [-0.2, 0) is 12.8 Å². The minimum atomic E-state index is 0.471. The summed E-state index contributed by atoms with van der Waals surface area (Å²) >= 11 is 0. The molecule has 6 heteroatoms.